The molecule has 20 heavy (non-hydrogen) atoms. The molecule has 0 saturated carbocycles. The Morgan fingerprint density at radius 1 is 1.40 bits per heavy atom. The number of rotatable bonds is 8. The molecule has 0 heterocycles. The highest BCUT2D eigenvalue weighted by atomic mass is 35.5. The smallest absolute Gasteiger partial charge is 0.258 e. The van der Waals surface area contributed by atoms with Gasteiger partial charge in [0, 0.05) is 12.6 Å². The zero-order valence-corrected chi connectivity index (χ0v) is 13.2. The van der Waals surface area contributed by atoms with Crippen LogP contribution in [0.2, 0.25) is 5.02 Å². The maximum atomic E-state index is 12.0. The van der Waals surface area contributed by atoms with Crippen LogP contribution in [-0.4, -0.2) is 31.9 Å². The van der Waals surface area contributed by atoms with E-state index in [1.807, 2.05) is 6.26 Å². The third kappa shape index (κ3) is 4.93. The highest BCUT2D eigenvalue weighted by molar-refractivity contribution is 7.98. The third-order valence-corrected chi connectivity index (χ3v) is 4.97. The Morgan fingerprint density at radius 3 is 2.70 bits per heavy atom. The Balaban J connectivity index is 2.77. The molecule has 6 nitrogen and oxygen atoms in total. The monoisotopic (exact) mass is 338 g/mol. The second kappa shape index (κ2) is 7.82. The molecule has 1 aromatic rings. The molecule has 0 atom stereocenters. The summed E-state index contributed by atoms with van der Waals surface area (Å²) >= 11 is 7.34. The first-order valence-corrected chi connectivity index (χ1v) is 9.06. The summed E-state index contributed by atoms with van der Waals surface area (Å²) in [6, 6.07) is 3.42. The summed E-state index contributed by atoms with van der Waals surface area (Å²) in [5.41, 5.74) is -0.420. The van der Waals surface area contributed by atoms with E-state index in [1.165, 1.54) is 12.1 Å². The molecular weight excluding hydrogens is 324 g/mol. The first-order chi connectivity index (χ1) is 9.38. The summed E-state index contributed by atoms with van der Waals surface area (Å²) < 4.78 is 26.4. The van der Waals surface area contributed by atoms with Crippen LogP contribution in [0, 0.1) is 10.1 Å². The summed E-state index contributed by atoms with van der Waals surface area (Å²) in [7, 11) is -3.74. The molecule has 0 saturated heterocycles. The standard InChI is InChI=1S/C11H15ClN2O4S2/c1-19-7-3-2-6-13-20(17,18)9-4-5-10(12)11(8-9)14(15)16/h4-5,8,13H,2-3,6-7H2,1H3. The lowest BCUT2D eigenvalue weighted by molar-refractivity contribution is -0.384. The summed E-state index contributed by atoms with van der Waals surface area (Å²) in [5.74, 6) is 0.966. The average Bonchev–Trinajstić information content (AvgIpc) is 2.38. The van der Waals surface area contributed by atoms with Crippen molar-refractivity contribution in [3.05, 3.63) is 33.3 Å². The van der Waals surface area contributed by atoms with Crippen molar-refractivity contribution < 1.29 is 13.3 Å². The van der Waals surface area contributed by atoms with Crippen LogP contribution >= 0.6 is 23.4 Å². The van der Waals surface area contributed by atoms with Crippen LogP contribution in [-0.2, 0) is 10.0 Å². The molecule has 0 spiro atoms. The van der Waals surface area contributed by atoms with Crippen molar-refractivity contribution in [3.63, 3.8) is 0 Å². The van der Waals surface area contributed by atoms with Gasteiger partial charge in [0.25, 0.3) is 5.69 Å². The van der Waals surface area contributed by atoms with Crippen LogP contribution in [0.5, 0.6) is 0 Å². The predicted molar refractivity (Wildman–Crippen MR) is 80.9 cm³/mol. The third-order valence-electron chi connectivity index (χ3n) is 2.49. The van der Waals surface area contributed by atoms with E-state index in [-0.39, 0.29) is 9.92 Å². The number of hydrogen-bond donors (Lipinski definition) is 1. The number of nitro benzene ring substituents is 1. The number of nitrogens with zero attached hydrogens (tertiary/aromatic N) is 1. The molecular formula is C11H15ClN2O4S2. The number of benzene rings is 1. The van der Waals surface area contributed by atoms with E-state index in [0.29, 0.717) is 6.54 Å². The van der Waals surface area contributed by atoms with Crippen molar-refractivity contribution >= 4 is 39.1 Å². The minimum Gasteiger partial charge on any atom is -0.258 e. The lowest BCUT2D eigenvalue weighted by atomic mass is 10.3. The van der Waals surface area contributed by atoms with Gasteiger partial charge in [-0.05, 0) is 37.0 Å². The summed E-state index contributed by atoms with van der Waals surface area (Å²) in [5, 5.41) is 10.6. The highest BCUT2D eigenvalue weighted by Crippen LogP contribution is 2.26. The normalized spacial score (nSPS) is 11.5. The predicted octanol–water partition coefficient (Wildman–Crippen LogP) is 2.67. The first kappa shape index (κ1) is 17.2. The summed E-state index contributed by atoms with van der Waals surface area (Å²) in [4.78, 5) is 9.87. The number of nitro groups is 1. The van der Waals surface area contributed by atoms with Crippen molar-refractivity contribution in [2.45, 2.75) is 17.7 Å². The van der Waals surface area contributed by atoms with E-state index in [4.69, 9.17) is 11.6 Å². The van der Waals surface area contributed by atoms with Crippen LogP contribution < -0.4 is 4.72 Å². The number of sulfonamides is 1. The minimum absolute atomic E-state index is 0.0890. The van der Waals surface area contributed by atoms with Gasteiger partial charge >= 0.3 is 0 Å². The van der Waals surface area contributed by atoms with Crippen LogP contribution in [0.25, 0.3) is 0 Å². The van der Waals surface area contributed by atoms with Gasteiger partial charge < -0.3 is 0 Å². The Kier molecular flexibility index (Phi) is 6.74. The lowest BCUT2D eigenvalue weighted by Gasteiger charge is -2.07. The first-order valence-electron chi connectivity index (χ1n) is 5.81. The van der Waals surface area contributed by atoms with E-state index in [1.54, 1.807) is 11.8 Å². The van der Waals surface area contributed by atoms with Gasteiger partial charge in [-0.25, -0.2) is 13.1 Å². The molecule has 1 aromatic carbocycles. The Labute approximate surface area is 127 Å². The number of hydrogen-bond acceptors (Lipinski definition) is 5. The van der Waals surface area contributed by atoms with Gasteiger partial charge in [0.15, 0.2) is 0 Å². The van der Waals surface area contributed by atoms with E-state index in [9.17, 15) is 18.5 Å². The number of unbranched alkanes of at least 4 members (excludes halogenated alkanes) is 1. The zero-order valence-electron chi connectivity index (χ0n) is 10.8. The maximum absolute atomic E-state index is 12.0. The summed E-state index contributed by atoms with van der Waals surface area (Å²) in [6.45, 7) is 0.305. The number of halogens is 1. The largest absolute Gasteiger partial charge is 0.289 e. The molecule has 0 fully saturated rings. The number of nitrogens with one attached hydrogen (secondary N) is 1. The van der Waals surface area contributed by atoms with Gasteiger partial charge in [-0.3, -0.25) is 10.1 Å². The molecule has 0 aliphatic carbocycles. The fourth-order valence-electron chi connectivity index (χ4n) is 1.46. The van der Waals surface area contributed by atoms with Gasteiger partial charge in [0.1, 0.15) is 5.02 Å². The molecule has 1 N–H and O–H groups in total. The lowest BCUT2D eigenvalue weighted by Crippen LogP contribution is -2.25. The Hall–Kier alpha value is -0.830. The molecule has 0 unspecified atom stereocenters. The van der Waals surface area contributed by atoms with Crippen LogP contribution in [0.15, 0.2) is 23.1 Å². The SMILES string of the molecule is CSCCCCNS(=O)(=O)c1ccc(Cl)c([N+](=O)[O-])c1. The van der Waals surface area contributed by atoms with Crippen molar-refractivity contribution in [1.29, 1.82) is 0 Å². The van der Waals surface area contributed by atoms with Crippen LogP contribution in [0.3, 0.4) is 0 Å². The fraction of sp³-hybridized carbons (Fsp3) is 0.455. The average molecular weight is 339 g/mol. The molecule has 0 aliphatic heterocycles. The van der Waals surface area contributed by atoms with E-state index < -0.39 is 20.6 Å². The second-order valence-corrected chi connectivity index (χ2v) is 7.13. The van der Waals surface area contributed by atoms with Crippen molar-refractivity contribution in [2.75, 3.05) is 18.6 Å². The van der Waals surface area contributed by atoms with E-state index in [0.717, 1.165) is 24.7 Å². The van der Waals surface area contributed by atoms with Gasteiger partial charge in [-0.1, -0.05) is 11.6 Å². The molecule has 0 aliphatic rings. The van der Waals surface area contributed by atoms with E-state index in [2.05, 4.69) is 4.72 Å². The number of thioether (sulfide) groups is 1. The fourth-order valence-corrected chi connectivity index (χ4v) is 3.23. The van der Waals surface area contributed by atoms with Crippen LogP contribution in [0.4, 0.5) is 5.69 Å². The molecule has 0 bridgehead atoms. The Morgan fingerprint density at radius 2 is 2.10 bits per heavy atom. The van der Waals surface area contributed by atoms with Gasteiger partial charge in [0.05, 0.1) is 9.82 Å². The van der Waals surface area contributed by atoms with Crippen LogP contribution in [0.1, 0.15) is 12.8 Å². The molecule has 0 amide bonds. The van der Waals surface area contributed by atoms with E-state index >= 15 is 0 Å². The quantitative estimate of drug-likeness (QED) is 0.447. The summed E-state index contributed by atoms with van der Waals surface area (Å²) in [6.07, 6.45) is 3.61. The maximum Gasteiger partial charge on any atom is 0.289 e. The molecule has 112 valence electrons. The molecule has 0 radical (unpaired) electrons. The van der Waals surface area contributed by atoms with Gasteiger partial charge in [-0.15, -0.1) is 0 Å². The minimum atomic E-state index is -3.74. The molecule has 0 aromatic heterocycles. The van der Waals surface area contributed by atoms with Gasteiger partial charge in [0.2, 0.25) is 10.0 Å². The molecule has 1 rings (SSSR count). The van der Waals surface area contributed by atoms with Gasteiger partial charge in [-0.2, -0.15) is 11.8 Å². The molecule has 9 heteroatoms. The highest BCUT2D eigenvalue weighted by Gasteiger charge is 2.20. The second-order valence-electron chi connectivity index (χ2n) is 3.97. The van der Waals surface area contributed by atoms with Crippen molar-refractivity contribution in [2.24, 2.45) is 0 Å². The van der Waals surface area contributed by atoms with Crippen molar-refractivity contribution in [3.8, 4) is 0 Å². The van der Waals surface area contributed by atoms with Crippen molar-refractivity contribution in [1.82, 2.24) is 4.72 Å². The topological polar surface area (TPSA) is 89.3 Å². The Bertz CT molecular complexity index is 578. The zero-order chi connectivity index (χ0) is 15.2.